The number of nitrogen functional groups attached to an aromatic ring is 1. The van der Waals surface area contributed by atoms with Crippen molar-refractivity contribution in [3.05, 3.63) is 23.9 Å². The molecule has 1 amide bonds. The van der Waals surface area contributed by atoms with Gasteiger partial charge in [-0.3, -0.25) is 9.59 Å². The molecule has 108 valence electrons. The van der Waals surface area contributed by atoms with Crippen LogP contribution in [0, 0.1) is 0 Å². The molecule has 6 nitrogen and oxygen atoms in total. The summed E-state index contributed by atoms with van der Waals surface area (Å²) < 4.78 is 0. The van der Waals surface area contributed by atoms with Crippen LogP contribution in [0.1, 0.15) is 48.9 Å². The van der Waals surface area contributed by atoms with E-state index in [1.807, 2.05) is 0 Å². The first-order chi connectivity index (χ1) is 9.51. The molecule has 2 rings (SSSR count). The van der Waals surface area contributed by atoms with Crippen molar-refractivity contribution in [2.75, 3.05) is 5.73 Å². The molecule has 1 aromatic rings. The number of pyridine rings is 1. The average molecular weight is 277 g/mol. The SMILES string of the molecule is Nc1ccc(C(=O)NC2(CC(=O)O)CCCCC2)cn1. The molecule has 1 heterocycles. The van der Waals surface area contributed by atoms with Crippen LogP contribution in [0.15, 0.2) is 18.3 Å². The van der Waals surface area contributed by atoms with Gasteiger partial charge < -0.3 is 16.2 Å². The van der Waals surface area contributed by atoms with Gasteiger partial charge in [0.2, 0.25) is 0 Å². The Balaban J connectivity index is 2.12. The Bertz CT molecular complexity index is 493. The monoisotopic (exact) mass is 277 g/mol. The van der Waals surface area contributed by atoms with Gasteiger partial charge in [0, 0.05) is 6.20 Å². The average Bonchev–Trinajstić information content (AvgIpc) is 2.39. The number of aliphatic carboxylic acids is 1. The highest BCUT2D eigenvalue weighted by Crippen LogP contribution is 2.31. The molecule has 0 saturated heterocycles. The maximum atomic E-state index is 12.2. The molecule has 1 aliphatic rings. The van der Waals surface area contributed by atoms with E-state index in [-0.39, 0.29) is 12.3 Å². The summed E-state index contributed by atoms with van der Waals surface area (Å²) in [6.45, 7) is 0. The molecule has 4 N–H and O–H groups in total. The predicted molar refractivity (Wildman–Crippen MR) is 74.2 cm³/mol. The van der Waals surface area contributed by atoms with E-state index < -0.39 is 11.5 Å². The van der Waals surface area contributed by atoms with Crippen LogP contribution in [-0.2, 0) is 4.79 Å². The van der Waals surface area contributed by atoms with E-state index in [2.05, 4.69) is 10.3 Å². The summed E-state index contributed by atoms with van der Waals surface area (Å²) in [6.07, 6.45) is 5.73. The molecule has 0 radical (unpaired) electrons. The molecular formula is C14H19N3O3. The van der Waals surface area contributed by atoms with Gasteiger partial charge in [0.1, 0.15) is 5.82 Å². The number of carbonyl (C=O) groups excluding carboxylic acids is 1. The third-order valence-corrected chi connectivity index (χ3v) is 3.73. The zero-order chi connectivity index (χ0) is 14.6. The number of nitrogens with one attached hydrogen (secondary N) is 1. The lowest BCUT2D eigenvalue weighted by Crippen LogP contribution is -2.51. The van der Waals surface area contributed by atoms with Crippen molar-refractivity contribution < 1.29 is 14.7 Å². The second-order valence-corrected chi connectivity index (χ2v) is 5.34. The summed E-state index contributed by atoms with van der Waals surface area (Å²) >= 11 is 0. The van der Waals surface area contributed by atoms with Crippen LogP contribution in [0.25, 0.3) is 0 Å². The smallest absolute Gasteiger partial charge is 0.305 e. The number of hydrogen-bond acceptors (Lipinski definition) is 4. The Labute approximate surface area is 117 Å². The molecule has 1 aliphatic carbocycles. The molecular weight excluding hydrogens is 258 g/mol. The number of rotatable bonds is 4. The number of anilines is 1. The highest BCUT2D eigenvalue weighted by atomic mass is 16.4. The normalized spacial score (nSPS) is 17.4. The van der Waals surface area contributed by atoms with Crippen molar-refractivity contribution in [1.29, 1.82) is 0 Å². The second kappa shape index (κ2) is 5.90. The minimum atomic E-state index is -0.886. The van der Waals surface area contributed by atoms with Gasteiger partial charge in [-0.15, -0.1) is 0 Å². The first kappa shape index (κ1) is 14.3. The Morgan fingerprint density at radius 1 is 1.30 bits per heavy atom. The fourth-order valence-electron chi connectivity index (χ4n) is 2.72. The number of amides is 1. The van der Waals surface area contributed by atoms with Crippen molar-refractivity contribution in [3.8, 4) is 0 Å². The zero-order valence-corrected chi connectivity index (χ0v) is 11.3. The van der Waals surface area contributed by atoms with Gasteiger partial charge in [-0.25, -0.2) is 4.98 Å². The standard InChI is InChI=1S/C14H19N3O3/c15-11-5-4-10(9-16-11)13(20)17-14(8-12(18)19)6-2-1-3-7-14/h4-5,9H,1-3,6-8H2,(H2,15,16)(H,17,20)(H,18,19). The number of nitrogens with zero attached hydrogens (tertiary/aromatic N) is 1. The van der Waals surface area contributed by atoms with Gasteiger partial charge in [0.25, 0.3) is 5.91 Å². The van der Waals surface area contributed by atoms with E-state index in [1.165, 1.54) is 6.20 Å². The van der Waals surface area contributed by atoms with Gasteiger partial charge in [0.05, 0.1) is 17.5 Å². The first-order valence-electron chi connectivity index (χ1n) is 6.77. The molecule has 0 bridgehead atoms. The minimum absolute atomic E-state index is 0.0405. The first-order valence-corrected chi connectivity index (χ1v) is 6.77. The van der Waals surface area contributed by atoms with Crippen LogP contribution in [-0.4, -0.2) is 27.5 Å². The van der Waals surface area contributed by atoms with Crippen LogP contribution in [0.5, 0.6) is 0 Å². The van der Waals surface area contributed by atoms with E-state index in [9.17, 15) is 9.59 Å². The third-order valence-electron chi connectivity index (χ3n) is 3.73. The second-order valence-electron chi connectivity index (χ2n) is 5.34. The largest absolute Gasteiger partial charge is 0.481 e. The summed E-state index contributed by atoms with van der Waals surface area (Å²) in [7, 11) is 0. The van der Waals surface area contributed by atoms with E-state index in [0.717, 1.165) is 19.3 Å². The van der Waals surface area contributed by atoms with Crippen LogP contribution < -0.4 is 11.1 Å². The van der Waals surface area contributed by atoms with E-state index in [1.54, 1.807) is 12.1 Å². The lowest BCUT2D eigenvalue weighted by Gasteiger charge is -2.37. The molecule has 1 fully saturated rings. The lowest BCUT2D eigenvalue weighted by molar-refractivity contribution is -0.139. The fourth-order valence-corrected chi connectivity index (χ4v) is 2.72. The Morgan fingerprint density at radius 2 is 2.00 bits per heavy atom. The van der Waals surface area contributed by atoms with E-state index in [4.69, 9.17) is 10.8 Å². The zero-order valence-electron chi connectivity index (χ0n) is 11.3. The molecule has 0 unspecified atom stereocenters. The van der Waals surface area contributed by atoms with Crippen molar-refractivity contribution in [1.82, 2.24) is 10.3 Å². The molecule has 0 spiro atoms. The summed E-state index contributed by atoms with van der Waals surface area (Å²) in [5.74, 6) is -0.831. The van der Waals surface area contributed by atoms with Crippen molar-refractivity contribution in [2.45, 2.75) is 44.1 Å². The maximum absolute atomic E-state index is 12.2. The van der Waals surface area contributed by atoms with Gasteiger partial charge in [0.15, 0.2) is 0 Å². The Morgan fingerprint density at radius 3 is 2.55 bits per heavy atom. The van der Waals surface area contributed by atoms with Crippen LogP contribution in [0.2, 0.25) is 0 Å². The van der Waals surface area contributed by atoms with Crippen molar-refractivity contribution >= 4 is 17.7 Å². The Hall–Kier alpha value is -2.11. The Kier molecular flexibility index (Phi) is 4.22. The van der Waals surface area contributed by atoms with Gasteiger partial charge >= 0.3 is 5.97 Å². The summed E-state index contributed by atoms with van der Waals surface area (Å²) in [5.41, 5.74) is 5.24. The van der Waals surface area contributed by atoms with Crippen LogP contribution in [0.3, 0.4) is 0 Å². The van der Waals surface area contributed by atoms with Gasteiger partial charge in [-0.05, 0) is 25.0 Å². The summed E-state index contributed by atoms with van der Waals surface area (Å²) in [6, 6.07) is 3.15. The third kappa shape index (κ3) is 3.46. The molecule has 0 aromatic carbocycles. The lowest BCUT2D eigenvalue weighted by atomic mass is 9.79. The molecule has 0 atom stereocenters. The molecule has 0 aliphatic heterocycles. The summed E-state index contributed by atoms with van der Waals surface area (Å²) in [4.78, 5) is 27.2. The van der Waals surface area contributed by atoms with Crippen LogP contribution >= 0.6 is 0 Å². The number of carbonyl (C=O) groups is 2. The van der Waals surface area contributed by atoms with Gasteiger partial charge in [-0.2, -0.15) is 0 Å². The van der Waals surface area contributed by atoms with Crippen LogP contribution in [0.4, 0.5) is 5.82 Å². The van der Waals surface area contributed by atoms with Crippen molar-refractivity contribution in [2.24, 2.45) is 0 Å². The van der Waals surface area contributed by atoms with Crippen molar-refractivity contribution in [3.63, 3.8) is 0 Å². The maximum Gasteiger partial charge on any atom is 0.305 e. The highest BCUT2D eigenvalue weighted by molar-refractivity contribution is 5.94. The molecule has 20 heavy (non-hydrogen) atoms. The fraction of sp³-hybridized carbons (Fsp3) is 0.500. The quantitative estimate of drug-likeness (QED) is 0.774. The van der Waals surface area contributed by atoms with E-state index in [0.29, 0.717) is 24.2 Å². The molecule has 1 aromatic heterocycles. The minimum Gasteiger partial charge on any atom is -0.481 e. The number of nitrogens with two attached hydrogens (primary N) is 1. The topological polar surface area (TPSA) is 105 Å². The van der Waals surface area contributed by atoms with E-state index >= 15 is 0 Å². The number of carboxylic acid groups (broad SMARTS) is 1. The highest BCUT2D eigenvalue weighted by Gasteiger charge is 2.36. The molecule has 1 saturated carbocycles. The number of hydrogen-bond donors (Lipinski definition) is 3. The number of carboxylic acids is 1. The number of aromatic nitrogens is 1. The predicted octanol–water partition coefficient (Wildman–Crippen LogP) is 1.57. The molecule has 6 heteroatoms. The van der Waals surface area contributed by atoms with Gasteiger partial charge in [-0.1, -0.05) is 19.3 Å². The summed E-state index contributed by atoms with van der Waals surface area (Å²) in [5, 5.41) is 12.0.